The minimum absolute atomic E-state index is 0.0556. The number of hydrogen-bond donors (Lipinski definition) is 1. The molecule has 0 aromatic heterocycles. The van der Waals surface area contributed by atoms with Crippen LogP contribution in [0.25, 0.3) is 0 Å². The van der Waals surface area contributed by atoms with E-state index in [2.05, 4.69) is 21.9 Å². The molecular formula is C18H23N3O3S. The summed E-state index contributed by atoms with van der Waals surface area (Å²) in [7, 11) is -1.87. The van der Waals surface area contributed by atoms with Crippen molar-refractivity contribution in [1.82, 2.24) is 4.90 Å². The number of likely N-dealkylation sites (tertiary alicyclic amines) is 1. The Morgan fingerprint density at radius 3 is 2.68 bits per heavy atom. The Hall–Kier alpha value is -2.15. The monoisotopic (exact) mass is 361 g/mol. The van der Waals surface area contributed by atoms with Crippen molar-refractivity contribution in [3.05, 3.63) is 36.4 Å². The highest BCUT2D eigenvalue weighted by atomic mass is 32.2. The molecule has 0 saturated carbocycles. The molecule has 1 amide bonds. The van der Waals surface area contributed by atoms with E-state index in [4.69, 9.17) is 0 Å². The Labute approximate surface area is 148 Å². The fraction of sp³-hybridized carbons (Fsp3) is 0.444. The number of nitrogens with zero attached hydrogens (tertiary/aromatic N) is 2. The van der Waals surface area contributed by atoms with Gasteiger partial charge in [-0.2, -0.15) is 8.42 Å². The first kappa shape index (κ1) is 17.7. The Morgan fingerprint density at radius 2 is 2.08 bits per heavy atom. The lowest BCUT2D eigenvalue weighted by molar-refractivity contribution is -0.116. The van der Waals surface area contributed by atoms with Gasteiger partial charge in [-0.15, -0.1) is 4.40 Å². The van der Waals surface area contributed by atoms with Crippen molar-refractivity contribution in [2.75, 3.05) is 18.9 Å². The summed E-state index contributed by atoms with van der Waals surface area (Å²) in [6.45, 7) is 0.829. The van der Waals surface area contributed by atoms with Gasteiger partial charge in [-0.1, -0.05) is 12.2 Å². The zero-order valence-electron chi connectivity index (χ0n) is 14.3. The van der Waals surface area contributed by atoms with Crippen LogP contribution < -0.4 is 5.32 Å². The van der Waals surface area contributed by atoms with Crippen LogP contribution in [0.15, 0.2) is 45.7 Å². The van der Waals surface area contributed by atoms with Gasteiger partial charge in [-0.05, 0) is 49.4 Å². The number of carbonyl (C=O) groups excluding carboxylic acids is 1. The summed E-state index contributed by atoms with van der Waals surface area (Å²) in [5.41, 5.74) is 0.594. The van der Waals surface area contributed by atoms with Crippen molar-refractivity contribution in [3.63, 3.8) is 0 Å². The molecule has 7 heteroatoms. The van der Waals surface area contributed by atoms with Crippen LogP contribution in [0.2, 0.25) is 0 Å². The van der Waals surface area contributed by atoms with Gasteiger partial charge in [-0.3, -0.25) is 4.79 Å². The first-order valence-corrected chi connectivity index (χ1v) is 9.99. The number of amides is 1. The quantitative estimate of drug-likeness (QED) is 0.818. The van der Waals surface area contributed by atoms with Crippen molar-refractivity contribution in [2.24, 2.45) is 10.3 Å². The molecule has 0 radical (unpaired) electrons. The second kappa shape index (κ2) is 7.39. The molecule has 0 bridgehead atoms. The number of amidine groups is 1. The van der Waals surface area contributed by atoms with Crippen LogP contribution in [0, 0.1) is 5.92 Å². The maximum absolute atomic E-state index is 12.4. The smallest absolute Gasteiger partial charge is 0.283 e. The molecule has 1 aliphatic heterocycles. The van der Waals surface area contributed by atoms with Crippen LogP contribution in [0.4, 0.5) is 5.69 Å². The summed E-state index contributed by atoms with van der Waals surface area (Å²) in [4.78, 5) is 14.0. The van der Waals surface area contributed by atoms with E-state index in [0.717, 1.165) is 25.8 Å². The number of hydrogen-bond acceptors (Lipinski definition) is 3. The molecule has 1 N–H and O–H groups in total. The predicted molar refractivity (Wildman–Crippen MR) is 98.0 cm³/mol. The van der Waals surface area contributed by atoms with Crippen LogP contribution in [-0.4, -0.2) is 38.7 Å². The first-order chi connectivity index (χ1) is 11.9. The molecule has 0 spiro atoms. The molecule has 1 aromatic carbocycles. The molecule has 134 valence electrons. The number of allylic oxidation sites excluding steroid dienone is 2. The third-order valence-corrected chi connectivity index (χ3v) is 5.87. The number of carbonyl (C=O) groups is 1. The van der Waals surface area contributed by atoms with Gasteiger partial charge in [0.05, 0.1) is 4.90 Å². The van der Waals surface area contributed by atoms with Gasteiger partial charge in [0.2, 0.25) is 5.91 Å². The van der Waals surface area contributed by atoms with E-state index in [9.17, 15) is 13.2 Å². The molecule has 1 aliphatic carbocycles. The molecule has 1 heterocycles. The molecule has 1 atom stereocenters. The normalized spacial score (nSPS) is 21.9. The van der Waals surface area contributed by atoms with Crippen molar-refractivity contribution in [1.29, 1.82) is 0 Å². The predicted octanol–water partition coefficient (Wildman–Crippen LogP) is 2.79. The summed E-state index contributed by atoms with van der Waals surface area (Å²) in [5.74, 6) is 0.848. The number of sulfonamides is 1. The van der Waals surface area contributed by atoms with Crippen LogP contribution in [0.1, 0.15) is 32.1 Å². The number of benzene rings is 1. The van der Waals surface area contributed by atoms with Gasteiger partial charge in [0.25, 0.3) is 10.0 Å². The standard InChI is InChI=1S/C18H23N3O3S/c1-21-12-4-7-17(21)20-25(23,24)16-10-8-15(9-11-16)19-18(22)13-14-5-2-3-6-14/h2,5,8-11,14H,3-4,6-7,12-13H2,1H3,(H,19,22). The molecule has 1 aromatic rings. The van der Waals surface area contributed by atoms with Crippen molar-refractivity contribution < 1.29 is 13.2 Å². The van der Waals surface area contributed by atoms with E-state index >= 15 is 0 Å². The summed E-state index contributed by atoms with van der Waals surface area (Å²) in [5, 5.41) is 2.82. The first-order valence-electron chi connectivity index (χ1n) is 8.55. The average Bonchev–Trinajstić information content (AvgIpc) is 3.20. The van der Waals surface area contributed by atoms with Gasteiger partial charge >= 0.3 is 0 Å². The number of anilines is 1. The minimum atomic E-state index is -3.72. The zero-order valence-corrected chi connectivity index (χ0v) is 15.1. The maximum Gasteiger partial charge on any atom is 0.283 e. The highest BCUT2D eigenvalue weighted by Gasteiger charge is 2.20. The van der Waals surface area contributed by atoms with E-state index in [1.165, 1.54) is 12.1 Å². The van der Waals surface area contributed by atoms with E-state index < -0.39 is 10.0 Å². The van der Waals surface area contributed by atoms with Crippen LogP contribution in [0.3, 0.4) is 0 Å². The molecule has 6 nitrogen and oxygen atoms in total. The van der Waals surface area contributed by atoms with E-state index in [1.54, 1.807) is 12.1 Å². The molecule has 2 aliphatic rings. The third kappa shape index (κ3) is 4.48. The second-order valence-corrected chi connectivity index (χ2v) is 8.15. The highest BCUT2D eigenvalue weighted by Crippen LogP contribution is 2.22. The van der Waals surface area contributed by atoms with Gasteiger partial charge in [0.1, 0.15) is 5.84 Å². The van der Waals surface area contributed by atoms with Crippen LogP contribution in [-0.2, 0) is 14.8 Å². The Morgan fingerprint density at radius 1 is 1.32 bits per heavy atom. The van der Waals surface area contributed by atoms with E-state index in [-0.39, 0.29) is 10.8 Å². The second-order valence-electron chi connectivity index (χ2n) is 6.55. The summed E-state index contributed by atoms with van der Waals surface area (Å²) in [6, 6.07) is 6.18. The summed E-state index contributed by atoms with van der Waals surface area (Å²) in [6.07, 6.45) is 8.28. The van der Waals surface area contributed by atoms with Crippen LogP contribution >= 0.6 is 0 Å². The summed E-state index contributed by atoms with van der Waals surface area (Å²) >= 11 is 0. The maximum atomic E-state index is 12.4. The average molecular weight is 361 g/mol. The Bertz CT molecular complexity index is 797. The summed E-state index contributed by atoms with van der Waals surface area (Å²) < 4.78 is 28.7. The lowest BCUT2D eigenvalue weighted by Gasteiger charge is -2.11. The molecule has 1 fully saturated rings. The molecule has 1 saturated heterocycles. The molecular weight excluding hydrogens is 338 g/mol. The lowest BCUT2D eigenvalue weighted by atomic mass is 10.1. The Balaban J connectivity index is 1.65. The fourth-order valence-corrected chi connectivity index (χ4v) is 4.22. The minimum Gasteiger partial charge on any atom is -0.362 e. The topological polar surface area (TPSA) is 78.8 Å². The van der Waals surface area contributed by atoms with E-state index in [0.29, 0.717) is 30.3 Å². The Kier molecular flexibility index (Phi) is 5.22. The molecule has 1 unspecified atom stereocenters. The fourth-order valence-electron chi connectivity index (χ4n) is 3.13. The van der Waals surface area contributed by atoms with E-state index in [1.807, 2.05) is 11.9 Å². The van der Waals surface area contributed by atoms with Crippen molar-refractivity contribution in [3.8, 4) is 0 Å². The van der Waals surface area contributed by atoms with Crippen LogP contribution in [0.5, 0.6) is 0 Å². The highest BCUT2D eigenvalue weighted by molar-refractivity contribution is 7.90. The van der Waals surface area contributed by atoms with Gasteiger partial charge in [0, 0.05) is 32.1 Å². The molecule has 3 rings (SSSR count). The van der Waals surface area contributed by atoms with Crippen molar-refractivity contribution >= 4 is 27.5 Å². The zero-order chi connectivity index (χ0) is 17.9. The van der Waals surface area contributed by atoms with Gasteiger partial charge in [0.15, 0.2) is 0 Å². The van der Waals surface area contributed by atoms with Gasteiger partial charge in [-0.25, -0.2) is 0 Å². The number of nitrogens with one attached hydrogen (secondary N) is 1. The largest absolute Gasteiger partial charge is 0.362 e. The molecule has 25 heavy (non-hydrogen) atoms. The SMILES string of the molecule is CN1CCCC1=NS(=O)(=O)c1ccc(NC(=O)CC2C=CCC2)cc1. The third-order valence-electron chi connectivity index (χ3n) is 4.56. The van der Waals surface area contributed by atoms with Crippen molar-refractivity contribution in [2.45, 2.75) is 37.0 Å². The number of rotatable bonds is 5. The lowest BCUT2D eigenvalue weighted by Crippen LogP contribution is -2.20. The van der Waals surface area contributed by atoms with Gasteiger partial charge < -0.3 is 10.2 Å².